The Balaban J connectivity index is 1.95. The first-order chi connectivity index (χ1) is 12.2. The van der Waals surface area contributed by atoms with Crippen LogP contribution in [0.5, 0.6) is 0 Å². The van der Waals surface area contributed by atoms with E-state index in [0.717, 1.165) is 0 Å². The number of anilines is 1. The van der Waals surface area contributed by atoms with Gasteiger partial charge >= 0.3 is 0 Å². The molecule has 26 heavy (non-hydrogen) atoms. The first-order valence-corrected chi connectivity index (χ1v) is 9.93. The summed E-state index contributed by atoms with van der Waals surface area (Å²) in [4.78, 5) is 24.1. The minimum Gasteiger partial charge on any atom is -0.459 e. The maximum absolute atomic E-state index is 12.2. The van der Waals surface area contributed by atoms with E-state index in [2.05, 4.69) is 15.7 Å². The van der Waals surface area contributed by atoms with E-state index in [4.69, 9.17) is 4.42 Å². The first kappa shape index (κ1) is 19.7. The van der Waals surface area contributed by atoms with Gasteiger partial charge in [0.05, 0.1) is 18.6 Å². The highest BCUT2D eigenvalue weighted by atomic mass is 32.2. The van der Waals surface area contributed by atoms with E-state index in [1.165, 1.54) is 23.9 Å². The van der Waals surface area contributed by atoms with Crippen molar-refractivity contribution < 1.29 is 22.4 Å². The number of aromatic nitrogens is 2. The number of aryl methyl sites for hydroxylation is 2. The predicted octanol–water partition coefficient (Wildman–Crippen LogP) is 0.976. The Bertz CT molecular complexity index is 871. The second-order valence-corrected chi connectivity index (χ2v) is 8.29. The largest absolute Gasteiger partial charge is 0.459 e. The highest BCUT2D eigenvalue weighted by molar-refractivity contribution is 7.91. The van der Waals surface area contributed by atoms with Gasteiger partial charge in [0.1, 0.15) is 6.04 Å². The van der Waals surface area contributed by atoms with E-state index in [-0.39, 0.29) is 23.8 Å². The summed E-state index contributed by atoms with van der Waals surface area (Å²) in [7, 11) is -3.10. The van der Waals surface area contributed by atoms with E-state index in [0.29, 0.717) is 11.4 Å². The number of furan rings is 1. The molecule has 2 amide bonds. The summed E-state index contributed by atoms with van der Waals surface area (Å²) in [6, 6.07) is 2.27. The maximum Gasteiger partial charge on any atom is 0.287 e. The number of hydrogen-bond donors (Lipinski definition) is 2. The van der Waals surface area contributed by atoms with Gasteiger partial charge in [0, 0.05) is 17.5 Å². The molecule has 2 aromatic rings. The summed E-state index contributed by atoms with van der Waals surface area (Å²) < 4.78 is 29.6. The van der Waals surface area contributed by atoms with Gasteiger partial charge in [-0.2, -0.15) is 5.10 Å². The summed E-state index contributed by atoms with van der Waals surface area (Å²) in [5.41, 5.74) is 0.691. The molecule has 1 unspecified atom stereocenters. The molecule has 0 aliphatic carbocycles. The van der Waals surface area contributed by atoms with Gasteiger partial charge < -0.3 is 15.1 Å². The topological polar surface area (TPSA) is 123 Å². The Morgan fingerprint density at radius 3 is 2.73 bits per heavy atom. The van der Waals surface area contributed by atoms with Crippen LogP contribution in [0.2, 0.25) is 0 Å². The molecular weight excluding hydrogens is 360 g/mol. The molecule has 0 saturated heterocycles. The SMILES string of the molecule is CCS(=O)(=O)CCn1cc(C)c(NC(=O)C(C)NC(=O)c2ccco2)n1. The maximum atomic E-state index is 12.2. The summed E-state index contributed by atoms with van der Waals surface area (Å²) in [5, 5.41) is 9.34. The second-order valence-electron chi connectivity index (χ2n) is 5.82. The van der Waals surface area contributed by atoms with Crippen molar-refractivity contribution in [3.8, 4) is 0 Å². The molecule has 2 N–H and O–H groups in total. The van der Waals surface area contributed by atoms with E-state index in [1.54, 1.807) is 26.1 Å². The molecule has 0 aliphatic rings. The molecule has 9 nitrogen and oxygen atoms in total. The molecule has 0 fully saturated rings. The number of nitrogens with one attached hydrogen (secondary N) is 2. The molecule has 2 aromatic heterocycles. The molecule has 2 heterocycles. The summed E-state index contributed by atoms with van der Waals surface area (Å²) in [6.07, 6.45) is 3.03. The lowest BCUT2D eigenvalue weighted by molar-refractivity contribution is -0.117. The summed E-state index contributed by atoms with van der Waals surface area (Å²) in [6.45, 7) is 5.08. The molecule has 1 atom stereocenters. The number of nitrogens with zero attached hydrogens (tertiary/aromatic N) is 2. The van der Waals surface area contributed by atoms with Crippen LogP contribution in [-0.2, 0) is 21.2 Å². The van der Waals surface area contributed by atoms with Gasteiger partial charge in [-0.1, -0.05) is 6.92 Å². The fourth-order valence-electron chi connectivity index (χ4n) is 2.10. The van der Waals surface area contributed by atoms with Crippen molar-refractivity contribution in [1.82, 2.24) is 15.1 Å². The third kappa shape index (κ3) is 5.19. The minimum absolute atomic E-state index is 0.0202. The zero-order valence-corrected chi connectivity index (χ0v) is 15.7. The standard InChI is InChI=1S/C16H22N4O5S/c1-4-26(23,24)9-7-20-10-11(2)14(19-20)18-15(21)12(3)17-16(22)13-6-5-8-25-13/h5-6,8,10,12H,4,7,9H2,1-3H3,(H,17,22)(H,18,19,21). The van der Waals surface area contributed by atoms with Gasteiger partial charge in [0.2, 0.25) is 5.91 Å². The van der Waals surface area contributed by atoms with Gasteiger partial charge in [-0.25, -0.2) is 8.42 Å². The van der Waals surface area contributed by atoms with Crippen molar-refractivity contribution in [2.75, 3.05) is 16.8 Å². The number of carbonyl (C=O) groups is 2. The molecule has 0 spiro atoms. The van der Waals surface area contributed by atoms with Gasteiger partial charge in [-0.15, -0.1) is 0 Å². The zero-order valence-electron chi connectivity index (χ0n) is 14.9. The lowest BCUT2D eigenvalue weighted by Crippen LogP contribution is -2.41. The normalized spacial score (nSPS) is 12.6. The van der Waals surface area contributed by atoms with Crippen LogP contribution in [0.1, 0.15) is 30.0 Å². The van der Waals surface area contributed by atoms with Crippen LogP contribution in [-0.4, -0.2) is 47.6 Å². The lowest BCUT2D eigenvalue weighted by atomic mass is 10.3. The summed E-state index contributed by atoms with van der Waals surface area (Å²) in [5.74, 6) is -0.452. The molecular formula is C16H22N4O5S. The van der Waals surface area contributed by atoms with Crippen molar-refractivity contribution in [1.29, 1.82) is 0 Å². The molecule has 0 radical (unpaired) electrons. The smallest absolute Gasteiger partial charge is 0.287 e. The molecule has 0 saturated carbocycles. The van der Waals surface area contributed by atoms with Crippen molar-refractivity contribution >= 4 is 27.5 Å². The van der Waals surface area contributed by atoms with E-state index >= 15 is 0 Å². The summed E-state index contributed by atoms with van der Waals surface area (Å²) >= 11 is 0. The van der Waals surface area contributed by atoms with Crippen LogP contribution in [0, 0.1) is 6.92 Å². The molecule has 0 aliphatic heterocycles. The van der Waals surface area contributed by atoms with Gasteiger partial charge in [0.25, 0.3) is 5.91 Å². The van der Waals surface area contributed by atoms with Crippen LogP contribution >= 0.6 is 0 Å². The fourth-order valence-corrected chi connectivity index (χ4v) is 2.86. The highest BCUT2D eigenvalue weighted by Gasteiger charge is 2.20. The van der Waals surface area contributed by atoms with E-state index in [9.17, 15) is 18.0 Å². The van der Waals surface area contributed by atoms with Crippen LogP contribution in [0.3, 0.4) is 0 Å². The van der Waals surface area contributed by atoms with Crippen LogP contribution < -0.4 is 10.6 Å². The first-order valence-electron chi connectivity index (χ1n) is 8.11. The average Bonchev–Trinajstić information content (AvgIpc) is 3.23. The number of carbonyl (C=O) groups excluding carboxylic acids is 2. The number of rotatable bonds is 8. The predicted molar refractivity (Wildman–Crippen MR) is 95.6 cm³/mol. The third-order valence-electron chi connectivity index (χ3n) is 3.74. The molecule has 0 bridgehead atoms. The quantitative estimate of drug-likeness (QED) is 0.701. The van der Waals surface area contributed by atoms with E-state index < -0.39 is 27.7 Å². The monoisotopic (exact) mass is 382 g/mol. The number of hydrogen-bond acceptors (Lipinski definition) is 6. The van der Waals surface area contributed by atoms with Crippen molar-refractivity contribution in [2.45, 2.75) is 33.4 Å². The molecule has 10 heteroatoms. The third-order valence-corrected chi connectivity index (χ3v) is 5.43. The molecule has 2 rings (SSSR count). The second kappa shape index (κ2) is 8.17. The van der Waals surface area contributed by atoms with Crippen LogP contribution in [0.4, 0.5) is 5.82 Å². The zero-order chi connectivity index (χ0) is 19.3. The van der Waals surface area contributed by atoms with E-state index in [1.807, 2.05) is 0 Å². The minimum atomic E-state index is -3.10. The Labute approximate surface area is 151 Å². The molecule has 142 valence electrons. The van der Waals surface area contributed by atoms with Gasteiger partial charge in [0.15, 0.2) is 21.4 Å². The van der Waals surface area contributed by atoms with Gasteiger partial charge in [-0.3, -0.25) is 14.3 Å². The van der Waals surface area contributed by atoms with Gasteiger partial charge in [-0.05, 0) is 26.0 Å². The van der Waals surface area contributed by atoms with Crippen molar-refractivity contribution in [2.24, 2.45) is 0 Å². The molecule has 0 aromatic carbocycles. The fraction of sp³-hybridized carbons (Fsp3) is 0.438. The van der Waals surface area contributed by atoms with Crippen molar-refractivity contribution in [3.05, 3.63) is 35.9 Å². The number of amides is 2. The number of sulfone groups is 1. The Morgan fingerprint density at radius 2 is 2.12 bits per heavy atom. The van der Waals surface area contributed by atoms with Crippen molar-refractivity contribution in [3.63, 3.8) is 0 Å². The average molecular weight is 382 g/mol. The lowest BCUT2D eigenvalue weighted by Gasteiger charge is -2.12. The Kier molecular flexibility index (Phi) is 6.19. The highest BCUT2D eigenvalue weighted by Crippen LogP contribution is 2.12. The van der Waals surface area contributed by atoms with Crippen LogP contribution in [0.25, 0.3) is 0 Å². The Hall–Kier alpha value is -2.62. The Morgan fingerprint density at radius 1 is 1.38 bits per heavy atom. The van der Waals surface area contributed by atoms with Crippen LogP contribution in [0.15, 0.2) is 29.0 Å².